The van der Waals surface area contributed by atoms with Crippen molar-refractivity contribution < 1.29 is 9.53 Å². The Bertz CT molecular complexity index is 620. The maximum absolute atomic E-state index is 12.1. The Morgan fingerprint density at radius 1 is 0.957 bits per heavy atom. The lowest BCUT2D eigenvalue weighted by Gasteiger charge is -2.26. The van der Waals surface area contributed by atoms with E-state index in [9.17, 15) is 4.79 Å². The van der Waals surface area contributed by atoms with E-state index in [0.29, 0.717) is 6.61 Å². The van der Waals surface area contributed by atoms with Crippen molar-refractivity contribution in [3.63, 3.8) is 0 Å². The molecule has 0 radical (unpaired) electrons. The second kappa shape index (κ2) is 7.68. The second-order valence-electron chi connectivity index (χ2n) is 5.78. The first-order chi connectivity index (χ1) is 11.3. The maximum atomic E-state index is 12.1. The highest BCUT2D eigenvalue weighted by Gasteiger charge is 2.16. The molecule has 120 valence electrons. The number of likely N-dealkylation sites (tertiary alicyclic amines) is 1. The molecular formula is C19H22N2O2. The smallest absolute Gasteiger partial charge is 0.321 e. The van der Waals surface area contributed by atoms with Gasteiger partial charge in [0, 0.05) is 18.8 Å². The van der Waals surface area contributed by atoms with Crippen LogP contribution in [0.4, 0.5) is 10.5 Å². The SMILES string of the molecule is O=C(Nc1ccc(OCc2ccccc2)cc1)N1CCCCC1. The number of hydrogen-bond donors (Lipinski definition) is 1. The number of benzene rings is 2. The average molecular weight is 310 g/mol. The van der Waals surface area contributed by atoms with Crippen molar-refractivity contribution in [3.8, 4) is 5.75 Å². The Morgan fingerprint density at radius 3 is 2.35 bits per heavy atom. The standard InChI is InChI=1S/C19H22N2O2/c22-19(21-13-5-2-6-14-21)20-17-9-11-18(12-10-17)23-15-16-7-3-1-4-8-16/h1,3-4,7-12H,2,5-6,13-15H2,(H,20,22). The van der Waals surface area contributed by atoms with Gasteiger partial charge in [-0.05, 0) is 49.1 Å². The molecular weight excluding hydrogens is 288 g/mol. The third-order valence-electron chi connectivity index (χ3n) is 4.00. The molecule has 1 aliphatic heterocycles. The topological polar surface area (TPSA) is 41.6 Å². The fourth-order valence-electron chi connectivity index (χ4n) is 2.67. The average Bonchev–Trinajstić information content (AvgIpc) is 2.63. The monoisotopic (exact) mass is 310 g/mol. The summed E-state index contributed by atoms with van der Waals surface area (Å²) < 4.78 is 5.75. The summed E-state index contributed by atoms with van der Waals surface area (Å²) in [4.78, 5) is 14.0. The van der Waals surface area contributed by atoms with Crippen LogP contribution in [0.5, 0.6) is 5.75 Å². The van der Waals surface area contributed by atoms with Crippen molar-refractivity contribution in [1.82, 2.24) is 4.90 Å². The summed E-state index contributed by atoms with van der Waals surface area (Å²) in [6.07, 6.45) is 3.41. The summed E-state index contributed by atoms with van der Waals surface area (Å²) in [5, 5.41) is 2.94. The van der Waals surface area contributed by atoms with Crippen LogP contribution in [0.25, 0.3) is 0 Å². The van der Waals surface area contributed by atoms with E-state index in [4.69, 9.17) is 4.74 Å². The van der Waals surface area contributed by atoms with Gasteiger partial charge in [-0.2, -0.15) is 0 Å². The minimum Gasteiger partial charge on any atom is -0.489 e. The number of anilines is 1. The molecule has 0 aliphatic carbocycles. The Balaban J connectivity index is 1.51. The molecule has 0 bridgehead atoms. The quantitative estimate of drug-likeness (QED) is 0.915. The Morgan fingerprint density at radius 2 is 1.65 bits per heavy atom. The molecule has 4 nitrogen and oxygen atoms in total. The maximum Gasteiger partial charge on any atom is 0.321 e. The number of carbonyl (C=O) groups is 1. The first kappa shape index (κ1) is 15.4. The zero-order valence-corrected chi connectivity index (χ0v) is 13.2. The molecule has 0 spiro atoms. The van der Waals surface area contributed by atoms with E-state index in [-0.39, 0.29) is 6.03 Å². The first-order valence-corrected chi connectivity index (χ1v) is 8.14. The lowest BCUT2D eigenvalue weighted by atomic mass is 10.1. The number of hydrogen-bond acceptors (Lipinski definition) is 2. The molecule has 1 fully saturated rings. The summed E-state index contributed by atoms with van der Waals surface area (Å²) >= 11 is 0. The predicted octanol–water partition coefficient (Wildman–Crippen LogP) is 4.28. The van der Waals surface area contributed by atoms with Gasteiger partial charge in [-0.3, -0.25) is 0 Å². The largest absolute Gasteiger partial charge is 0.489 e. The van der Waals surface area contributed by atoms with Gasteiger partial charge in [0.2, 0.25) is 0 Å². The zero-order chi connectivity index (χ0) is 15.9. The van der Waals surface area contributed by atoms with Crippen molar-refractivity contribution in [2.45, 2.75) is 25.9 Å². The van der Waals surface area contributed by atoms with Gasteiger partial charge in [0.1, 0.15) is 12.4 Å². The van der Waals surface area contributed by atoms with E-state index in [0.717, 1.165) is 42.9 Å². The van der Waals surface area contributed by atoms with E-state index < -0.39 is 0 Å². The second-order valence-corrected chi connectivity index (χ2v) is 5.78. The van der Waals surface area contributed by atoms with Crippen molar-refractivity contribution in [2.75, 3.05) is 18.4 Å². The number of nitrogens with one attached hydrogen (secondary N) is 1. The van der Waals surface area contributed by atoms with Crippen LogP contribution in [-0.2, 0) is 6.61 Å². The van der Waals surface area contributed by atoms with E-state index in [2.05, 4.69) is 5.32 Å². The Hall–Kier alpha value is -2.49. The van der Waals surface area contributed by atoms with Gasteiger partial charge in [0.05, 0.1) is 0 Å². The number of carbonyl (C=O) groups excluding carboxylic acids is 1. The van der Waals surface area contributed by atoms with Gasteiger partial charge in [-0.15, -0.1) is 0 Å². The molecule has 1 heterocycles. The van der Waals surface area contributed by atoms with E-state index in [1.807, 2.05) is 59.5 Å². The molecule has 1 N–H and O–H groups in total. The van der Waals surface area contributed by atoms with Crippen LogP contribution in [0, 0.1) is 0 Å². The molecule has 0 unspecified atom stereocenters. The predicted molar refractivity (Wildman–Crippen MR) is 91.7 cm³/mol. The summed E-state index contributed by atoms with van der Waals surface area (Å²) in [7, 11) is 0. The van der Waals surface area contributed by atoms with Crippen LogP contribution in [0.1, 0.15) is 24.8 Å². The van der Waals surface area contributed by atoms with Crippen LogP contribution in [0.3, 0.4) is 0 Å². The Kier molecular flexibility index (Phi) is 5.14. The highest BCUT2D eigenvalue weighted by molar-refractivity contribution is 5.89. The van der Waals surface area contributed by atoms with Gasteiger partial charge in [0.25, 0.3) is 0 Å². The molecule has 3 rings (SSSR count). The lowest BCUT2D eigenvalue weighted by Crippen LogP contribution is -2.38. The highest BCUT2D eigenvalue weighted by Crippen LogP contribution is 2.18. The lowest BCUT2D eigenvalue weighted by molar-refractivity contribution is 0.200. The molecule has 1 aliphatic rings. The molecule has 2 aromatic rings. The first-order valence-electron chi connectivity index (χ1n) is 8.14. The van der Waals surface area contributed by atoms with Crippen LogP contribution in [-0.4, -0.2) is 24.0 Å². The summed E-state index contributed by atoms with van der Waals surface area (Å²) in [6, 6.07) is 17.6. The van der Waals surface area contributed by atoms with Crippen LogP contribution in [0.2, 0.25) is 0 Å². The van der Waals surface area contributed by atoms with Crippen molar-refractivity contribution in [1.29, 1.82) is 0 Å². The van der Waals surface area contributed by atoms with Gasteiger partial charge in [-0.1, -0.05) is 30.3 Å². The van der Waals surface area contributed by atoms with Crippen molar-refractivity contribution in [2.24, 2.45) is 0 Å². The molecule has 2 amide bonds. The van der Waals surface area contributed by atoms with Gasteiger partial charge < -0.3 is 15.0 Å². The van der Waals surface area contributed by atoms with Gasteiger partial charge in [0.15, 0.2) is 0 Å². The van der Waals surface area contributed by atoms with Crippen molar-refractivity contribution in [3.05, 3.63) is 60.2 Å². The zero-order valence-electron chi connectivity index (χ0n) is 13.2. The van der Waals surface area contributed by atoms with Crippen LogP contribution in [0.15, 0.2) is 54.6 Å². The fraction of sp³-hybridized carbons (Fsp3) is 0.316. The number of nitrogens with zero attached hydrogens (tertiary/aromatic N) is 1. The summed E-state index contributed by atoms with van der Waals surface area (Å²) in [5.41, 5.74) is 1.93. The third-order valence-corrected chi connectivity index (χ3v) is 4.00. The highest BCUT2D eigenvalue weighted by atomic mass is 16.5. The van der Waals surface area contributed by atoms with Crippen LogP contribution < -0.4 is 10.1 Å². The van der Waals surface area contributed by atoms with Gasteiger partial charge in [-0.25, -0.2) is 4.79 Å². The van der Waals surface area contributed by atoms with Crippen LogP contribution >= 0.6 is 0 Å². The third kappa shape index (κ3) is 4.49. The summed E-state index contributed by atoms with van der Waals surface area (Å²) in [5.74, 6) is 0.796. The normalized spacial score (nSPS) is 14.3. The number of ether oxygens (including phenoxy) is 1. The Labute approximate surface area is 137 Å². The molecule has 0 aromatic heterocycles. The minimum atomic E-state index is -0.0114. The number of urea groups is 1. The van der Waals surface area contributed by atoms with E-state index in [1.54, 1.807) is 0 Å². The van der Waals surface area contributed by atoms with Gasteiger partial charge >= 0.3 is 6.03 Å². The summed E-state index contributed by atoms with van der Waals surface area (Å²) in [6.45, 7) is 2.24. The molecule has 2 aromatic carbocycles. The molecule has 1 saturated heterocycles. The molecule has 0 atom stereocenters. The van der Waals surface area contributed by atoms with E-state index in [1.165, 1.54) is 6.42 Å². The van der Waals surface area contributed by atoms with Crippen molar-refractivity contribution >= 4 is 11.7 Å². The number of piperidine rings is 1. The molecule has 23 heavy (non-hydrogen) atoms. The number of amides is 2. The minimum absolute atomic E-state index is 0.0114. The molecule has 0 saturated carbocycles. The fourth-order valence-corrected chi connectivity index (χ4v) is 2.67. The number of rotatable bonds is 4. The molecule has 4 heteroatoms. The van der Waals surface area contributed by atoms with E-state index >= 15 is 0 Å².